The van der Waals surface area contributed by atoms with Crippen LogP contribution in [0, 0.1) is 23.2 Å². The van der Waals surface area contributed by atoms with E-state index < -0.39 is 5.92 Å². The molecule has 1 unspecified atom stereocenters. The Morgan fingerprint density at radius 2 is 2.44 bits per heavy atom. The molecule has 0 fully saturated rings. The molecule has 0 aliphatic carbocycles. The number of nitriles is 1. The van der Waals surface area contributed by atoms with Gasteiger partial charge in [-0.3, -0.25) is 4.79 Å². The Morgan fingerprint density at radius 1 is 1.69 bits per heavy atom. The average molecular weight is 237 g/mol. The van der Waals surface area contributed by atoms with Crippen molar-refractivity contribution in [2.24, 2.45) is 11.8 Å². The molecule has 0 spiro atoms. The minimum Gasteiger partial charge on any atom is -0.355 e. The van der Waals surface area contributed by atoms with Gasteiger partial charge in [0.2, 0.25) is 5.91 Å². The number of nitrogens with zero attached hydrogens (tertiary/aromatic N) is 2. The van der Waals surface area contributed by atoms with Crippen LogP contribution in [-0.2, 0) is 11.2 Å². The fraction of sp³-hybridized carbons (Fsp3) is 0.545. The largest absolute Gasteiger partial charge is 0.355 e. The fourth-order valence-corrected chi connectivity index (χ4v) is 1.89. The van der Waals surface area contributed by atoms with E-state index in [1.807, 2.05) is 25.3 Å². The van der Waals surface area contributed by atoms with Crippen molar-refractivity contribution >= 4 is 17.2 Å². The summed E-state index contributed by atoms with van der Waals surface area (Å²) in [7, 11) is 0. The molecule has 1 aromatic heterocycles. The normalized spacial score (nSPS) is 12.1. The summed E-state index contributed by atoms with van der Waals surface area (Å²) < 4.78 is 0. The van der Waals surface area contributed by atoms with Crippen molar-refractivity contribution in [1.82, 2.24) is 10.3 Å². The molecule has 0 saturated heterocycles. The van der Waals surface area contributed by atoms with Crippen molar-refractivity contribution in [1.29, 1.82) is 5.26 Å². The van der Waals surface area contributed by atoms with E-state index in [0.29, 0.717) is 13.0 Å². The first kappa shape index (κ1) is 12.7. The van der Waals surface area contributed by atoms with Crippen LogP contribution in [0.25, 0.3) is 0 Å². The van der Waals surface area contributed by atoms with E-state index in [2.05, 4.69) is 10.3 Å². The highest BCUT2D eigenvalue weighted by atomic mass is 32.1. The number of thiazole rings is 1. The summed E-state index contributed by atoms with van der Waals surface area (Å²) >= 11 is 1.54. The molecule has 5 heteroatoms. The van der Waals surface area contributed by atoms with Crippen LogP contribution in [0.3, 0.4) is 0 Å². The van der Waals surface area contributed by atoms with E-state index in [1.165, 1.54) is 11.3 Å². The summed E-state index contributed by atoms with van der Waals surface area (Å²) in [5, 5.41) is 13.5. The molecule has 0 bridgehead atoms. The number of carbonyl (C=O) groups excluding carboxylic acids is 1. The second-order valence-electron chi connectivity index (χ2n) is 3.87. The molecule has 0 saturated carbocycles. The van der Waals surface area contributed by atoms with E-state index in [0.717, 1.165) is 5.69 Å². The molecule has 4 nitrogen and oxygen atoms in total. The van der Waals surface area contributed by atoms with Gasteiger partial charge < -0.3 is 5.32 Å². The summed E-state index contributed by atoms with van der Waals surface area (Å²) in [4.78, 5) is 15.7. The van der Waals surface area contributed by atoms with Gasteiger partial charge in [-0.25, -0.2) is 4.98 Å². The molecule has 1 aromatic rings. The van der Waals surface area contributed by atoms with E-state index in [1.54, 1.807) is 5.51 Å². The molecule has 0 aliphatic rings. The fourth-order valence-electron chi connectivity index (χ4n) is 1.30. The number of carbonyl (C=O) groups is 1. The van der Waals surface area contributed by atoms with Crippen LogP contribution in [-0.4, -0.2) is 17.4 Å². The second kappa shape index (κ2) is 6.23. The van der Waals surface area contributed by atoms with Gasteiger partial charge in [0.15, 0.2) is 0 Å². The Balaban J connectivity index is 2.33. The highest BCUT2D eigenvalue weighted by Crippen LogP contribution is 2.09. The van der Waals surface area contributed by atoms with Crippen LogP contribution in [0.15, 0.2) is 10.9 Å². The zero-order valence-electron chi connectivity index (χ0n) is 9.43. The highest BCUT2D eigenvalue weighted by molar-refractivity contribution is 7.07. The predicted octanol–water partition coefficient (Wildman–Crippen LogP) is 1.60. The lowest BCUT2D eigenvalue weighted by Gasteiger charge is -2.12. The van der Waals surface area contributed by atoms with Gasteiger partial charge in [0.25, 0.3) is 0 Å². The maximum atomic E-state index is 11.6. The van der Waals surface area contributed by atoms with Crippen LogP contribution < -0.4 is 5.32 Å². The van der Waals surface area contributed by atoms with Crippen molar-refractivity contribution in [2.75, 3.05) is 6.54 Å². The van der Waals surface area contributed by atoms with Gasteiger partial charge in [0, 0.05) is 18.3 Å². The Morgan fingerprint density at radius 3 is 2.94 bits per heavy atom. The number of rotatable bonds is 5. The molecule has 0 aliphatic heterocycles. The third-order valence-electron chi connectivity index (χ3n) is 2.25. The number of nitrogens with one attached hydrogen (secondary N) is 1. The molecule has 86 valence electrons. The van der Waals surface area contributed by atoms with Crippen molar-refractivity contribution in [3.05, 3.63) is 16.6 Å². The quantitative estimate of drug-likeness (QED) is 0.845. The van der Waals surface area contributed by atoms with Gasteiger partial charge in [-0.1, -0.05) is 13.8 Å². The highest BCUT2D eigenvalue weighted by Gasteiger charge is 2.20. The Bertz CT molecular complexity index is 367. The van der Waals surface area contributed by atoms with Crippen molar-refractivity contribution in [3.8, 4) is 6.07 Å². The lowest BCUT2D eigenvalue weighted by Crippen LogP contribution is -2.34. The molecule has 0 radical (unpaired) electrons. The number of hydrogen-bond donors (Lipinski definition) is 1. The van der Waals surface area contributed by atoms with E-state index >= 15 is 0 Å². The first-order valence-electron chi connectivity index (χ1n) is 5.19. The number of amides is 1. The topological polar surface area (TPSA) is 65.8 Å². The monoisotopic (exact) mass is 237 g/mol. The van der Waals surface area contributed by atoms with Crippen LogP contribution >= 0.6 is 11.3 Å². The van der Waals surface area contributed by atoms with E-state index in [-0.39, 0.29) is 11.8 Å². The molecule has 0 aromatic carbocycles. The Labute approximate surface area is 99.3 Å². The maximum absolute atomic E-state index is 11.6. The molecule has 1 amide bonds. The zero-order valence-corrected chi connectivity index (χ0v) is 10.3. The molecule has 1 heterocycles. The second-order valence-corrected chi connectivity index (χ2v) is 4.59. The van der Waals surface area contributed by atoms with Gasteiger partial charge in [-0.15, -0.1) is 11.3 Å². The molecule has 1 N–H and O–H groups in total. The van der Waals surface area contributed by atoms with Crippen LogP contribution in [0.2, 0.25) is 0 Å². The smallest absolute Gasteiger partial charge is 0.237 e. The first-order valence-corrected chi connectivity index (χ1v) is 6.13. The van der Waals surface area contributed by atoms with Gasteiger partial charge in [0.05, 0.1) is 17.3 Å². The summed E-state index contributed by atoms with van der Waals surface area (Å²) in [6, 6.07) is 2.02. The molecule has 1 atom stereocenters. The lowest BCUT2D eigenvalue weighted by atomic mass is 9.97. The molecule has 16 heavy (non-hydrogen) atoms. The summed E-state index contributed by atoms with van der Waals surface area (Å²) in [6.07, 6.45) is 0.714. The molecular weight excluding hydrogens is 222 g/mol. The van der Waals surface area contributed by atoms with Crippen LogP contribution in [0.5, 0.6) is 0 Å². The van der Waals surface area contributed by atoms with Crippen LogP contribution in [0.4, 0.5) is 0 Å². The summed E-state index contributed by atoms with van der Waals surface area (Å²) in [5.41, 5.74) is 2.74. The predicted molar refractivity (Wildman–Crippen MR) is 62.8 cm³/mol. The Hall–Kier alpha value is -1.41. The molecular formula is C11H15N3OS. The van der Waals surface area contributed by atoms with Crippen LogP contribution in [0.1, 0.15) is 19.5 Å². The van der Waals surface area contributed by atoms with Crippen molar-refractivity contribution in [3.63, 3.8) is 0 Å². The van der Waals surface area contributed by atoms with Gasteiger partial charge >= 0.3 is 0 Å². The number of hydrogen-bond acceptors (Lipinski definition) is 4. The van der Waals surface area contributed by atoms with E-state index in [9.17, 15) is 4.79 Å². The van der Waals surface area contributed by atoms with Crippen molar-refractivity contribution in [2.45, 2.75) is 20.3 Å². The molecule has 1 rings (SSSR count). The standard InChI is InChI=1S/C11H15N3OS/c1-8(2)10(5-12)11(15)13-4-3-9-6-16-7-14-9/h6-8,10H,3-4H2,1-2H3,(H,13,15). The number of aromatic nitrogens is 1. The third kappa shape index (κ3) is 3.63. The maximum Gasteiger partial charge on any atom is 0.237 e. The summed E-state index contributed by atoms with van der Waals surface area (Å²) in [5.74, 6) is -0.701. The minimum atomic E-state index is -0.560. The minimum absolute atomic E-state index is 0.0456. The lowest BCUT2D eigenvalue weighted by molar-refractivity contribution is -0.124. The van der Waals surface area contributed by atoms with Gasteiger partial charge in [-0.05, 0) is 5.92 Å². The summed E-state index contributed by atoms with van der Waals surface area (Å²) in [6.45, 7) is 4.27. The Kier molecular flexibility index (Phi) is 4.93. The van der Waals surface area contributed by atoms with Gasteiger partial charge in [-0.2, -0.15) is 5.26 Å². The van der Waals surface area contributed by atoms with Crippen molar-refractivity contribution < 1.29 is 4.79 Å². The van der Waals surface area contributed by atoms with Gasteiger partial charge in [0.1, 0.15) is 5.92 Å². The average Bonchev–Trinajstić information content (AvgIpc) is 2.71. The zero-order chi connectivity index (χ0) is 12.0. The third-order valence-corrected chi connectivity index (χ3v) is 2.89. The SMILES string of the molecule is CC(C)C(C#N)C(=O)NCCc1cscn1. The first-order chi connectivity index (χ1) is 7.65. The van der Waals surface area contributed by atoms with E-state index in [4.69, 9.17) is 5.26 Å².